The Morgan fingerprint density at radius 1 is 1.28 bits per heavy atom. The van der Waals surface area contributed by atoms with Crippen molar-refractivity contribution in [2.24, 2.45) is 11.7 Å². The van der Waals surface area contributed by atoms with E-state index < -0.39 is 0 Å². The van der Waals surface area contributed by atoms with E-state index >= 15 is 0 Å². The summed E-state index contributed by atoms with van der Waals surface area (Å²) in [7, 11) is 0. The monoisotopic (exact) mass is 248 g/mol. The van der Waals surface area contributed by atoms with Gasteiger partial charge in [-0.1, -0.05) is 18.2 Å². The minimum atomic E-state index is 0.185. The molecule has 1 aromatic rings. The van der Waals surface area contributed by atoms with Gasteiger partial charge < -0.3 is 15.2 Å². The number of hydrogen-bond donors (Lipinski definition) is 1. The molecule has 0 saturated carbocycles. The van der Waals surface area contributed by atoms with E-state index in [4.69, 9.17) is 15.2 Å². The first-order valence-corrected chi connectivity index (χ1v) is 6.59. The second kappa shape index (κ2) is 5.26. The number of rotatable bonds is 2. The molecule has 18 heavy (non-hydrogen) atoms. The number of benzene rings is 1. The van der Waals surface area contributed by atoms with Crippen molar-refractivity contribution >= 4 is 0 Å². The Morgan fingerprint density at radius 2 is 2.17 bits per heavy atom. The molecule has 2 aliphatic heterocycles. The summed E-state index contributed by atoms with van der Waals surface area (Å²) in [4.78, 5) is 2.42. The van der Waals surface area contributed by atoms with Crippen LogP contribution in [0.2, 0.25) is 0 Å². The molecular weight excluding hydrogens is 228 g/mol. The maximum absolute atomic E-state index is 6.05. The highest BCUT2D eigenvalue weighted by atomic mass is 16.5. The number of fused-ring (bicyclic) bond motifs is 1. The van der Waals surface area contributed by atoms with Crippen LogP contribution in [-0.4, -0.2) is 43.9 Å². The number of ether oxygens (including phenoxy) is 2. The fraction of sp³-hybridized carbons (Fsp3) is 0.571. The molecule has 98 valence electrons. The molecule has 2 heterocycles. The van der Waals surface area contributed by atoms with Gasteiger partial charge in [-0.25, -0.2) is 0 Å². The number of hydrogen-bond acceptors (Lipinski definition) is 4. The largest absolute Gasteiger partial charge is 0.492 e. The van der Waals surface area contributed by atoms with E-state index in [0.717, 1.165) is 38.6 Å². The second-order valence-corrected chi connectivity index (χ2v) is 5.15. The van der Waals surface area contributed by atoms with Gasteiger partial charge in [-0.05, 0) is 6.07 Å². The molecule has 1 saturated heterocycles. The third-order valence-electron chi connectivity index (χ3n) is 3.77. The maximum Gasteiger partial charge on any atom is 0.123 e. The molecule has 3 rings (SSSR count). The van der Waals surface area contributed by atoms with Gasteiger partial charge in [0.15, 0.2) is 0 Å². The first-order valence-electron chi connectivity index (χ1n) is 6.59. The van der Waals surface area contributed by atoms with Crippen LogP contribution < -0.4 is 10.5 Å². The van der Waals surface area contributed by atoms with E-state index in [0.29, 0.717) is 12.5 Å². The second-order valence-electron chi connectivity index (χ2n) is 5.15. The lowest BCUT2D eigenvalue weighted by Gasteiger charge is -2.24. The molecule has 0 bridgehead atoms. The van der Waals surface area contributed by atoms with Gasteiger partial charge in [0, 0.05) is 37.2 Å². The van der Waals surface area contributed by atoms with Crippen LogP contribution in [0.1, 0.15) is 5.56 Å². The Balaban J connectivity index is 1.67. The van der Waals surface area contributed by atoms with Crippen LogP contribution in [0.5, 0.6) is 5.75 Å². The van der Waals surface area contributed by atoms with Gasteiger partial charge >= 0.3 is 0 Å². The minimum Gasteiger partial charge on any atom is -0.492 e. The molecule has 2 N–H and O–H groups in total. The molecule has 2 aliphatic rings. The Kier molecular flexibility index (Phi) is 3.50. The summed E-state index contributed by atoms with van der Waals surface area (Å²) in [5.41, 5.74) is 7.31. The van der Waals surface area contributed by atoms with Crippen molar-refractivity contribution in [3.63, 3.8) is 0 Å². The Bertz CT molecular complexity index is 411. The molecular formula is C14H20N2O2. The lowest BCUT2D eigenvalue weighted by molar-refractivity contribution is 0.159. The molecule has 0 radical (unpaired) electrons. The predicted octanol–water partition coefficient (Wildman–Crippen LogP) is 0.855. The normalized spacial score (nSPS) is 28.5. The molecule has 0 aliphatic carbocycles. The summed E-state index contributed by atoms with van der Waals surface area (Å²) < 4.78 is 11.2. The summed E-state index contributed by atoms with van der Waals surface area (Å²) in [6, 6.07) is 8.46. The van der Waals surface area contributed by atoms with Crippen LogP contribution in [0.3, 0.4) is 0 Å². The fourth-order valence-corrected chi connectivity index (χ4v) is 2.67. The van der Waals surface area contributed by atoms with E-state index in [1.54, 1.807) is 0 Å². The lowest BCUT2D eigenvalue weighted by atomic mass is 10.0. The van der Waals surface area contributed by atoms with Gasteiger partial charge in [0.25, 0.3) is 0 Å². The van der Waals surface area contributed by atoms with E-state index in [1.807, 2.05) is 12.1 Å². The molecule has 2 unspecified atom stereocenters. The smallest absolute Gasteiger partial charge is 0.123 e. The lowest BCUT2D eigenvalue weighted by Crippen LogP contribution is -2.39. The van der Waals surface area contributed by atoms with Crippen LogP contribution in [0.25, 0.3) is 0 Å². The third kappa shape index (κ3) is 2.51. The molecule has 4 heteroatoms. The van der Waals surface area contributed by atoms with Crippen LogP contribution in [0.15, 0.2) is 24.3 Å². The zero-order chi connectivity index (χ0) is 12.4. The standard InChI is InChI=1S/C14H20N2O2/c15-13-10-17-9-12(13)8-16-5-6-18-14-4-2-1-3-11(14)7-16/h1-4,12-13H,5-10,15H2. The van der Waals surface area contributed by atoms with Crippen molar-refractivity contribution in [1.29, 1.82) is 0 Å². The SMILES string of the molecule is NC1COCC1CN1CCOc2ccccc2C1. The van der Waals surface area contributed by atoms with Crippen molar-refractivity contribution in [2.45, 2.75) is 12.6 Å². The highest BCUT2D eigenvalue weighted by Gasteiger charge is 2.27. The van der Waals surface area contributed by atoms with Crippen LogP contribution in [0, 0.1) is 5.92 Å². The quantitative estimate of drug-likeness (QED) is 0.843. The molecule has 1 aromatic carbocycles. The summed E-state index contributed by atoms with van der Waals surface area (Å²) >= 11 is 0. The Hall–Kier alpha value is -1.10. The maximum atomic E-state index is 6.05. The van der Waals surface area contributed by atoms with E-state index in [2.05, 4.69) is 17.0 Å². The van der Waals surface area contributed by atoms with Crippen molar-refractivity contribution in [3.8, 4) is 5.75 Å². The highest BCUT2D eigenvalue weighted by molar-refractivity contribution is 5.33. The first kappa shape index (κ1) is 12.0. The van der Waals surface area contributed by atoms with Crippen LogP contribution in [-0.2, 0) is 11.3 Å². The predicted molar refractivity (Wildman–Crippen MR) is 69.5 cm³/mol. The molecule has 4 nitrogen and oxygen atoms in total. The zero-order valence-electron chi connectivity index (χ0n) is 10.5. The van der Waals surface area contributed by atoms with E-state index in [9.17, 15) is 0 Å². The summed E-state index contributed by atoms with van der Waals surface area (Å²) in [6.07, 6.45) is 0. The third-order valence-corrected chi connectivity index (χ3v) is 3.77. The summed E-state index contributed by atoms with van der Waals surface area (Å²) in [6.45, 7) is 5.14. The number of nitrogens with zero attached hydrogens (tertiary/aromatic N) is 1. The van der Waals surface area contributed by atoms with Gasteiger partial charge in [0.05, 0.1) is 13.2 Å². The van der Waals surface area contributed by atoms with Crippen LogP contribution in [0.4, 0.5) is 0 Å². The van der Waals surface area contributed by atoms with E-state index in [-0.39, 0.29) is 6.04 Å². The Morgan fingerprint density at radius 3 is 3.00 bits per heavy atom. The molecule has 1 fully saturated rings. The molecule has 0 spiro atoms. The van der Waals surface area contributed by atoms with Gasteiger partial charge in [-0.15, -0.1) is 0 Å². The van der Waals surface area contributed by atoms with Crippen molar-refractivity contribution in [1.82, 2.24) is 4.90 Å². The molecule has 0 aromatic heterocycles. The van der Waals surface area contributed by atoms with Crippen molar-refractivity contribution in [3.05, 3.63) is 29.8 Å². The zero-order valence-corrected chi connectivity index (χ0v) is 10.5. The van der Waals surface area contributed by atoms with Crippen LogP contribution >= 0.6 is 0 Å². The van der Waals surface area contributed by atoms with E-state index in [1.165, 1.54) is 5.56 Å². The minimum absolute atomic E-state index is 0.185. The fourth-order valence-electron chi connectivity index (χ4n) is 2.67. The topological polar surface area (TPSA) is 47.7 Å². The van der Waals surface area contributed by atoms with Gasteiger partial charge in [-0.2, -0.15) is 0 Å². The summed E-state index contributed by atoms with van der Waals surface area (Å²) in [5.74, 6) is 1.47. The highest BCUT2D eigenvalue weighted by Crippen LogP contribution is 2.23. The van der Waals surface area contributed by atoms with Gasteiger partial charge in [-0.3, -0.25) is 4.90 Å². The average molecular weight is 248 g/mol. The van der Waals surface area contributed by atoms with Gasteiger partial charge in [0.1, 0.15) is 12.4 Å². The van der Waals surface area contributed by atoms with Crippen molar-refractivity contribution < 1.29 is 9.47 Å². The first-order chi connectivity index (χ1) is 8.83. The summed E-state index contributed by atoms with van der Waals surface area (Å²) in [5, 5.41) is 0. The van der Waals surface area contributed by atoms with Gasteiger partial charge in [0.2, 0.25) is 0 Å². The molecule has 2 atom stereocenters. The van der Waals surface area contributed by atoms with Crippen molar-refractivity contribution in [2.75, 3.05) is 32.9 Å². The average Bonchev–Trinajstić information content (AvgIpc) is 2.66. The number of para-hydroxylation sites is 1. The number of nitrogens with two attached hydrogens (primary N) is 1. The molecule has 0 amide bonds. The Labute approximate surface area is 108 Å².